The number of nitrogens with one attached hydrogen (secondary N) is 1. The summed E-state index contributed by atoms with van der Waals surface area (Å²) in [7, 11) is -2.14. The summed E-state index contributed by atoms with van der Waals surface area (Å²) < 4.78 is 30.9. The number of hydrogen-bond acceptors (Lipinski definition) is 4. The minimum absolute atomic E-state index is 0.0243. The van der Waals surface area contributed by atoms with E-state index >= 15 is 0 Å². The molecule has 0 bridgehead atoms. The number of hydrogen-bond donors (Lipinski definition) is 2. The van der Waals surface area contributed by atoms with Gasteiger partial charge in [-0.3, -0.25) is 0 Å². The second kappa shape index (κ2) is 5.57. The number of methoxy groups -OCH3 is 1. The molecule has 0 radical (unpaired) electrons. The van der Waals surface area contributed by atoms with Crippen LogP contribution in [0.2, 0.25) is 0 Å². The second-order valence-electron chi connectivity index (χ2n) is 3.16. The van der Waals surface area contributed by atoms with Gasteiger partial charge in [-0.25, -0.2) is 8.42 Å². The number of nitrogens with two attached hydrogens (primary N) is 1. The average Bonchev–Trinajstić information content (AvgIpc) is 2.28. The van der Waals surface area contributed by atoms with Crippen molar-refractivity contribution in [2.24, 2.45) is 0 Å². The van der Waals surface area contributed by atoms with Gasteiger partial charge in [0, 0.05) is 6.07 Å². The van der Waals surface area contributed by atoms with Crippen LogP contribution in [0.5, 0.6) is 5.75 Å². The quantitative estimate of drug-likeness (QED) is 0.608. The Bertz CT molecular complexity index is 556. The van der Waals surface area contributed by atoms with E-state index in [1.54, 1.807) is 6.92 Å². The Balaban J connectivity index is 3.01. The van der Waals surface area contributed by atoms with E-state index in [0.29, 0.717) is 5.75 Å². The molecule has 1 aromatic rings. The van der Waals surface area contributed by atoms with Gasteiger partial charge in [0.2, 0.25) is 10.0 Å². The Kier molecular flexibility index (Phi) is 4.37. The molecule has 3 N–H and O–H groups in total. The van der Waals surface area contributed by atoms with Gasteiger partial charge in [0.1, 0.15) is 10.6 Å². The van der Waals surface area contributed by atoms with E-state index in [0.717, 1.165) is 0 Å². The maximum atomic E-state index is 11.8. The first-order chi connectivity index (χ1) is 8.01. The van der Waals surface area contributed by atoms with Crippen molar-refractivity contribution in [3.63, 3.8) is 0 Å². The zero-order valence-electron chi connectivity index (χ0n) is 9.65. The molecule has 5 nitrogen and oxygen atoms in total. The fraction of sp³-hybridized carbons (Fsp3) is 0.273. The monoisotopic (exact) mass is 254 g/mol. The number of nitrogen functional groups attached to an aromatic ring is 1. The summed E-state index contributed by atoms with van der Waals surface area (Å²) in [6.07, 6.45) is 0. The normalized spacial score (nSPS) is 10.5. The molecule has 0 aliphatic rings. The van der Waals surface area contributed by atoms with E-state index in [-0.39, 0.29) is 17.1 Å². The zero-order chi connectivity index (χ0) is 12.9. The van der Waals surface area contributed by atoms with Crippen molar-refractivity contribution < 1.29 is 13.2 Å². The van der Waals surface area contributed by atoms with Crippen molar-refractivity contribution in [1.29, 1.82) is 0 Å². The minimum atomic E-state index is -3.62. The van der Waals surface area contributed by atoms with Gasteiger partial charge in [-0.05, 0) is 19.1 Å². The molecule has 17 heavy (non-hydrogen) atoms. The molecule has 0 amide bonds. The number of rotatable bonds is 4. The number of ether oxygens (including phenoxy) is 1. The first-order valence-corrected chi connectivity index (χ1v) is 6.32. The molecule has 6 heteroatoms. The largest absolute Gasteiger partial charge is 0.497 e. The molecule has 0 aromatic heterocycles. The maximum Gasteiger partial charge on any atom is 0.243 e. The topological polar surface area (TPSA) is 81.4 Å². The summed E-state index contributed by atoms with van der Waals surface area (Å²) in [4.78, 5) is 0.0243. The van der Waals surface area contributed by atoms with Gasteiger partial charge in [-0.2, -0.15) is 4.72 Å². The highest BCUT2D eigenvalue weighted by atomic mass is 32.2. The lowest BCUT2D eigenvalue weighted by atomic mass is 10.3. The SMILES string of the molecule is CC#CCNS(=O)(=O)c1ccc(OC)cc1N. The Morgan fingerprint density at radius 1 is 1.47 bits per heavy atom. The molecule has 0 atom stereocenters. The van der Waals surface area contributed by atoms with Crippen LogP contribution < -0.4 is 15.2 Å². The van der Waals surface area contributed by atoms with Crippen molar-refractivity contribution in [3.8, 4) is 17.6 Å². The molecule has 0 aliphatic carbocycles. The van der Waals surface area contributed by atoms with E-state index in [4.69, 9.17) is 10.5 Å². The van der Waals surface area contributed by atoms with Gasteiger partial charge >= 0.3 is 0 Å². The maximum absolute atomic E-state index is 11.8. The highest BCUT2D eigenvalue weighted by molar-refractivity contribution is 7.89. The lowest BCUT2D eigenvalue weighted by Crippen LogP contribution is -2.24. The predicted octanol–water partition coefficient (Wildman–Crippen LogP) is 0.579. The van der Waals surface area contributed by atoms with Crippen LogP contribution in [0, 0.1) is 11.8 Å². The summed E-state index contributed by atoms with van der Waals surface area (Å²) in [6.45, 7) is 1.69. The molecule has 0 heterocycles. The summed E-state index contributed by atoms with van der Waals surface area (Å²) in [6, 6.07) is 4.40. The molecule has 0 saturated heterocycles. The van der Waals surface area contributed by atoms with Crippen LogP contribution in [-0.2, 0) is 10.0 Å². The molecule has 0 aliphatic heterocycles. The molecule has 0 saturated carbocycles. The number of benzene rings is 1. The molecule has 1 aromatic carbocycles. The molecule has 0 unspecified atom stereocenters. The highest BCUT2D eigenvalue weighted by Gasteiger charge is 2.16. The molecule has 1 rings (SSSR count). The van der Waals surface area contributed by atoms with Crippen LogP contribution in [0.1, 0.15) is 6.92 Å². The molecule has 0 spiro atoms. The molecule has 0 fully saturated rings. The van der Waals surface area contributed by atoms with E-state index < -0.39 is 10.0 Å². The second-order valence-corrected chi connectivity index (χ2v) is 4.89. The van der Waals surface area contributed by atoms with E-state index in [2.05, 4.69) is 16.6 Å². The first kappa shape index (κ1) is 13.4. The van der Waals surface area contributed by atoms with Crippen LogP contribution >= 0.6 is 0 Å². The third-order valence-corrected chi connectivity index (χ3v) is 3.51. The molecular weight excluding hydrogens is 240 g/mol. The van der Waals surface area contributed by atoms with Gasteiger partial charge in [0.05, 0.1) is 19.3 Å². The van der Waals surface area contributed by atoms with Crippen LogP contribution in [0.4, 0.5) is 5.69 Å². The van der Waals surface area contributed by atoms with Gasteiger partial charge in [-0.15, -0.1) is 5.92 Å². The van der Waals surface area contributed by atoms with Crippen molar-refractivity contribution in [2.75, 3.05) is 19.4 Å². The zero-order valence-corrected chi connectivity index (χ0v) is 10.5. The average molecular weight is 254 g/mol. The van der Waals surface area contributed by atoms with E-state index in [9.17, 15) is 8.42 Å². The Morgan fingerprint density at radius 3 is 2.71 bits per heavy atom. The third kappa shape index (κ3) is 3.37. The van der Waals surface area contributed by atoms with Crippen LogP contribution in [0.15, 0.2) is 23.1 Å². The molecular formula is C11H14N2O3S. The first-order valence-electron chi connectivity index (χ1n) is 4.84. The van der Waals surface area contributed by atoms with Crippen LogP contribution in [0.3, 0.4) is 0 Å². The Morgan fingerprint density at radius 2 is 2.18 bits per heavy atom. The Labute approximate surface area is 101 Å². The van der Waals surface area contributed by atoms with Gasteiger partial charge in [-0.1, -0.05) is 5.92 Å². The summed E-state index contributed by atoms with van der Waals surface area (Å²) >= 11 is 0. The van der Waals surface area contributed by atoms with Gasteiger partial charge in [0.15, 0.2) is 0 Å². The van der Waals surface area contributed by atoms with Crippen molar-refractivity contribution in [1.82, 2.24) is 4.72 Å². The van der Waals surface area contributed by atoms with Crippen molar-refractivity contribution in [3.05, 3.63) is 18.2 Å². The van der Waals surface area contributed by atoms with Crippen molar-refractivity contribution in [2.45, 2.75) is 11.8 Å². The van der Waals surface area contributed by atoms with E-state index in [1.165, 1.54) is 25.3 Å². The van der Waals surface area contributed by atoms with Crippen molar-refractivity contribution >= 4 is 15.7 Å². The summed E-state index contributed by atoms with van der Waals surface area (Å²) in [5.74, 6) is 5.72. The Hall–Kier alpha value is -1.71. The number of sulfonamides is 1. The van der Waals surface area contributed by atoms with Crippen LogP contribution in [0.25, 0.3) is 0 Å². The predicted molar refractivity (Wildman–Crippen MR) is 66.0 cm³/mol. The fourth-order valence-electron chi connectivity index (χ4n) is 1.20. The lowest BCUT2D eigenvalue weighted by Gasteiger charge is -2.08. The summed E-state index contributed by atoms with van der Waals surface area (Å²) in [5, 5.41) is 0. The van der Waals surface area contributed by atoms with Gasteiger partial charge in [0.25, 0.3) is 0 Å². The fourth-order valence-corrected chi connectivity index (χ4v) is 2.23. The highest BCUT2D eigenvalue weighted by Crippen LogP contribution is 2.23. The smallest absolute Gasteiger partial charge is 0.243 e. The molecule has 92 valence electrons. The third-order valence-electron chi connectivity index (χ3n) is 2.03. The van der Waals surface area contributed by atoms with Gasteiger partial charge < -0.3 is 10.5 Å². The van der Waals surface area contributed by atoms with E-state index in [1.807, 2.05) is 0 Å². The standard InChI is InChI=1S/C11H14N2O3S/c1-3-4-7-13-17(14,15)11-6-5-9(16-2)8-10(11)12/h5-6,8,13H,7,12H2,1-2H3. The summed E-state index contributed by atoms with van der Waals surface area (Å²) in [5.41, 5.74) is 5.79. The minimum Gasteiger partial charge on any atom is -0.497 e. The van der Waals surface area contributed by atoms with Crippen LogP contribution in [-0.4, -0.2) is 22.1 Å². The number of anilines is 1. The lowest BCUT2D eigenvalue weighted by molar-refractivity contribution is 0.414.